The second-order valence-corrected chi connectivity index (χ2v) is 4.29. The third-order valence-corrected chi connectivity index (χ3v) is 2.69. The number of hydrogen-bond acceptors (Lipinski definition) is 3. The Kier molecular flexibility index (Phi) is 6.99. The monoisotopic (exact) mass is 272 g/mol. The molecule has 0 amide bonds. The van der Waals surface area contributed by atoms with Gasteiger partial charge in [0.15, 0.2) is 17.3 Å². The molecule has 20 heavy (non-hydrogen) atoms. The normalized spacial score (nSPS) is 10.1. The summed E-state index contributed by atoms with van der Waals surface area (Å²) in [7, 11) is 1.49. The zero-order valence-electron chi connectivity index (χ0n) is 12.0. The van der Waals surface area contributed by atoms with Gasteiger partial charge < -0.3 is 9.84 Å². The topological polar surface area (TPSA) is 46.5 Å². The molecular weight excluding hydrogens is 252 g/mol. The molecule has 0 bridgehead atoms. The van der Waals surface area contributed by atoms with Gasteiger partial charge in [-0.05, 0) is 30.2 Å². The summed E-state index contributed by atoms with van der Waals surface area (Å²) in [5.74, 6) is 6.56. The van der Waals surface area contributed by atoms with E-state index in [1.807, 2.05) is 6.92 Å². The van der Waals surface area contributed by atoms with Crippen molar-refractivity contribution in [1.82, 2.24) is 0 Å². The summed E-state index contributed by atoms with van der Waals surface area (Å²) in [4.78, 5) is 11.7. The molecule has 0 saturated heterocycles. The molecule has 1 aromatic rings. The van der Waals surface area contributed by atoms with E-state index in [1.165, 1.54) is 7.11 Å². The van der Waals surface area contributed by atoms with E-state index in [4.69, 9.17) is 4.74 Å². The summed E-state index contributed by atoms with van der Waals surface area (Å²) in [5.41, 5.74) is 0.818. The number of benzene rings is 1. The van der Waals surface area contributed by atoms with Crippen molar-refractivity contribution in [2.45, 2.75) is 32.6 Å². The largest absolute Gasteiger partial charge is 0.504 e. The Hall–Kier alpha value is -2.21. The standard InChI is InChI=1S/C17H20O3/c1-3-4-5-6-7-8-15(18)11-9-14-10-12-16(19)17(13-14)20-2/h9-13,19H,3,6-8H2,1-2H3/b11-9+. The summed E-state index contributed by atoms with van der Waals surface area (Å²) in [6.45, 7) is 2.01. The maximum atomic E-state index is 11.7. The van der Waals surface area contributed by atoms with Crippen molar-refractivity contribution in [3.63, 3.8) is 0 Å². The molecular formula is C17H20O3. The first-order chi connectivity index (χ1) is 9.67. The van der Waals surface area contributed by atoms with Crippen molar-refractivity contribution in [2.75, 3.05) is 7.11 Å². The maximum Gasteiger partial charge on any atom is 0.161 e. The fraction of sp³-hybridized carbons (Fsp3) is 0.353. The number of unbranched alkanes of at least 4 members (excludes halogenated alkanes) is 1. The Labute approximate surface area is 120 Å². The lowest BCUT2D eigenvalue weighted by molar-refractivity contribution is -0.114. The molecule has 0 aromatic heterocycles. The van der Waals surface area contributed by atoms with Gasteiger partial charge in [-0.3, -0.25) is 4.79 Å². The molecule has 0 spiro atoms. The van der Waals surface area contributed by atoms with E-state index in [1.54, 1.807) is 30.4 Å². The summed E-state index contributed by atoms with van der Waals surface area (Å²) >= 11 is 0. The molecule has 0 aliphatic heterocycles. The molecule has 3 heteroatoms. The minimum Gasteiger partial charge on any atom is -0.504 e. The SMILES string of the molecule is CCC#CCCCC(=O)/C=C/c1ccc(O)c(OC)c1. The lowest BCUT2D eigenvalue weighted by Gasteiger charge is -2.03. The van der Waals surface area contributed by atoms with Crippen LogP contribution in [0.2, 0.25) is 0 Å². The van der Waals surface area contributed by atoms with Crippen LogP contribution in [-0.4, -0.2) is 18.0 Å². The van der Waals surface area contributed by atoms with Crippen LogP contribution >= 0.6 is 0 Å². The zero-order valence-corrected chi connectivity index (χ0v) is 12.0. The van der Waals surface area contributed by atoms with E-state index >= 15 is 0 Å². The average Bonchev–Trinajstić information content (AvgIpc) is 2.46. The molecule has 0 heterocycles. The van der Waals surface area contributed by atoms with E-state index in [0.29, 0.717) is 12.2 Å². The van der Waals surface area contributed by atoms with Gasteiger partial charge in [-0.1, -0.05) is 19.1 Å². The van der Waals surface area contributed by atoms with Crippen molar-refractivity contribution in [3.8, 4) is 23.3 Å². The Morgan fingerprint density at radius 2 is 2.20 bits per heavy atom. The van der Waals surface area contributed by atoms with Gasteiger partial charge in [-0.15, -0.1) is 11.8 Å². The van der Waals surface area contributed by atoms with Crippen molar-refractivity contribution in [2.24, 2.45) is 0 Å². The number of hydrogen-bond donors (Lipinski definition) is 1. The maximum absolute atomic E-state index is 11.7. The number of rotatable bonds is 6. The number of ketones is 1. The number of allylic oxidation sites excluding steroid dienone is 1. The predicted molar refractivity (Wildman–Crippen MR) is 80.6 cm³/mol. The van der Waals surface area contributed by atoms with Crippen LogP contribution in [0.5, 0.6) is 11.5 Å². The van der Waals surface area contributed by atoms with E-state index in [9.17, 15) is 9.90 Å². The first-order valence-electron chi connectivity index (χ1n) is 6.71. The minimum absolute atomic E-state index is 0.0790. The minimum atomic E-state index is 0.0790. The number of carbonyl (C=O) groups is 1. The Morgan fingerprint density at radius 3 is 2.90 bits per heavy atom. The van der Waals surface area contributed by atoms with Gasteiger partial charge in [-0.2, -0.15) is 0 Å². The third-order valence-electron chi connectivity index (χ3n) is 2.69. The van der Waals surface area contributed by atoms with E-state index in [-0.39, 0.29) is 11.5 Å². The van der Waals surface area contributed by atoms with Crippen molar-refractivity contribution in [1.29, 1.82) is 0 Å². The van der Waals surface area contributed by atoms with Gasteiger partial charge in [-0.25, -0.2) is 0 Å². The number of methoxy groups -OCH3 is 1. The molecule has 0 unspecified atom stereocenters. The molecule has 1 N–H and O–H groups in total. The van der Waals surface area contributed by atoms with E-state index in [2.05, 4.69) is 11.8 Å². The number of ether oxygens (including phenoxy) is 1. The van der Waals surface area contributed by atoms with Crippen LogP contribution in [0.25, 0.3) is 6.08 Å². The van der Waals surface area contributed by atoms with Crippen LogP contribution in [0.4, 0.5) is 0 Å². The van der Waals surface area contributed by atoms with Crippen LogP contribution in [0.3, 0.4) is 0 Å². The van der Waals surface area contributed by atoms with Crippen LogP contribution in [-0.2, 0) is 4.79 Å². The highest BCUT2D eigenvalue weighted by atomic mass is 16.5. The number of carbonyl (C=O) groups excluding carboxylic acids is 1. The lowest BCUT2D eigenvalue weighted by atomic mass is 10.1. The molecule has 1 rings (SSSR count). The van der Waals surface area contributed by atoms with Crippen LogP contribution in [0.1, 0.15) is 38.2 Å². The molecule has 0 aliphatic rings. The smallest absolute Gasteiger partial charge is 0.161 e. The van der Waals surface area contributed by atoms with Gasteiger partial charge >= 0.3 is 0 Å². The third kappa shape index (κ3) is 5.62. The average molecular weight is 272 g/mol. The second-order valence-electron chi connectivity index (χ2n) is 4.29. The van der Waals surface area contributed by atoms with Crippen LogP contribution < -0.4 is 4.74 Å². The van der Waals surface area contributed by atoms with Crippen molar-refractivity contribution >= 4 is 11.9 Å². The van der Waals surface area contributed by atoms with Gasteiger partial charge in [0.25, 0.3) is 0 Å². The Bertz CT molecular complexity index is 533. The Balaban J connectivity index is 2.48. The molecule has 1 aromatic carbocycles. The molecule has 0 fully saturated rings. The Morgan fingerprint density at radius 1 is 1.40 bits per heavy atom. The van der Waals surface area contributed by atoms with Gasteiger partial charge in [0, 0.05) is 19.3 Å². The fourth-order valence-corrected chi connectivity index (χ4v) is 1.63. The van der Waals surface area contributed by atoms with Crippen molar-refractivity contribution < 1.29 is 14.6 Å². The summed E-state index contributed by atoms with van der Waals surface area (Å²) < 4.78 is 5.01. The predicted octanol–water partition coefficient (Wildman–Crippen LogP) is 3.57. The van der Waals surface area contributed by atoms with Crippen LogP contribution in [0.15, 0.2) is 24.3 Å². The molecule has 106 valence electrons. The molecule has 0 radical (unpaired) electrons. The number of aromatic hydroxyl groups is 1. The summed E-state index contributed by atoms with van der Waals surface area (Å²) in [6.07, 6.45) is 6.19. The van der Waals surface area contributed by atoms with Gasteiger partial charge in [0.1, 0.15) is 0 Å². The van der Waals surface area contributed by atoms with Crippen molar-refractivity contribution in [3.05, 3.63) is 29.8 Å². The lowest BCUT2D eigenvalue weighted by Crippen LogP contribution is -1.91. The molecule has 0 atom stereocenters. The van der Waals surface area contributed by atoms with E-state index in [0.717, 1.165) is 24.8 Å². The fourth-order valence-electron chi connectivity index (χ4n) is 1.63. The van der Waals surface area contributed by atoms with E-state index < -0.39 is 0 Å². The highest BCUT2D eigenvalue weighted by molar-refractivity contribution is 5.93. The number of phenolic OH excluding ortho intramolecular Hbond substituents is 1. The zero-order chi connectivity index (χ0) is 14.8. The highest BCUT2D eigenvalue weighted by Gasteiger charge is 2.01. The number of phenols is 1. The molecule has 0 saturated carbocycles. The van der Waals surface area contributed by atoms with Gasteiger partial charge in [0.05, 0.1) is 7.11 Å². The first-order valence-corrected chi connectivity index (χ1v) is 6.71. The first kappa shape index (κ1) is 15.8. The highest BCUT2D eigenvalue weighted by Crippen LogP contribution is 2.26. The molecule has 3 nitrogen and oxygen atoms in total. The summed E-state index contributed by atoms with van der Waals surface area (Å²) in [6, 6.07) is 4.96. The van der Waals surface area contributed by atoms with Crippen LogP contribution in [0, 0.1) is 11.8 Å². The molecule has 0 aliphatic carbocycles. The quantitative estimate of drug-likeness (QED) is 0.489. The second kappa shape index (κ2) is 8.82. The summed E-state index contributed by atoms with van der Waals surface area (Å²) in [5, 5.41) is 9.47. The van der Waals surface area contributed by atoms with Gasteiger partial charge in [0.2, 0.25) is 0 Å².